The predicted molar refractivity (Wildman–Crippen MR) is 124 cm³/mol. The van der Waals surface area contributed by atoms with E-state index in [0.717, 1.165) is 29.4 Å². The van der Waals surface area contributed by atoms with Crippen LogP contribution in [0.5, 0.6) is 0 Å². The molecular formula is C20H23FIN7O. The summed E-state index contributed by atoms with van der Waals surface area (Å²) in [6.07, 6.45) is 4.28. The van der Waals surface area contributed by atoms with Crippen molar-refractivity contribution >= 4 is 40.8 Å². The van der Waals surface area contributed by atoms with Crippen molar-refractivity contribution in [3.8, 4) is 11.6 Å². The monoisotopic (exact) mass is 523 g/mol. The molecule has 0 aliphatic rings. The van der Waals surface area contributed by atoms with Gasteiger partial charge in [0.25, 0.3) is 0 Å². The summed E-state index contributed by atoms with van der Waals surface area (Å²) < 4.78 is 18.6. The molecule has 8 nitrogen and oxygen atoms in total. The molecule has 4 rings (SSSR count). The molecule has 3 heterocycles. The average molecular weight is 523 g/mol. The first kappa shape index (κ1) is 21.8. The summed E-state index contributed by atoms with van der Waals surface area (Å²) in [4.78, 5) is 12.0. The van der Waals surface area contributed by atoms with E-state index >= 15 is 0 Å². The predicted octanol–water partition coefficient (Wildman–Crippen LogP) is 3.60. The van der Waals surface area contributed by atoms with Crippen molar-refractivity contribution in [1.82, 2.24) is 30.8 Å². The third kappa shape index (κ3) is 5.17. The maximum Gasteiger partial charge on any atom is 0.216 e. The Kier molecular flexibility index (Phi) is 7.44. The molecule has 158 valence electrons. The van der Waals surface area contributed by atoms with Crippen LogP contribution >= 0.6 is 24.0 Å². The van der Waals surface area contributed by atoms with Crippen molar-refractivity contribution in [2.45, 2.75) is 19.9 Å². The number of aliphatic imine (C=N–C) groups is 1. The molecule has 0 atom stereocenters. The molecule has 10 heteroatoms. The number of benzene rings is 1. The normalized spacial score (nSPS) is 11.5. The van der Waals surface area contributed by atoms with E-state index in [1.807, 2.05) is 13.1 Å². The Morgan fingerprint density at radius 1 is 1.27 bits per heavy atom. The van der Waals surface area contributed by atoms with Crippen molar-refractivity contribution in [3.05, 3.63) is 60.0 Å². The van der Waals surface area contributed by atoms with Gasteiger partial charge in [0.15, 0.2) is 11.7 Å². The highest BCUT2D eigenvalue weighted by molar-refractivity contribution is 14.0. The maximum atomic E-state index is 13.3. The second-order valence-electron chi connectivity index (χ2n) is 6.46. The van der Waals surface area contributed by atoms with Crippen LogP contribution in [0.25, 0.3) is 22.5 Å². The zero-order valence-corrected chi connectivity index (χ0v) is 18.7. The Hall–Kier alpha value is -2.89. The largest absolute Gasteiger partial charge is 0.461 e. The number of nitrogens with one attached hydrogen (secondary N) is 4. The van der Waals surface area contributed by atoms with Gasteiger partial charge in [-0.25, -0.2) is 14.4 Å². The van der Waals surface area contributed by atoms with Gasteiger partial charge in [0.2, 0.25) is 5.82 Å². The lowest BCUT2D eigenvalue weighted by Gasteiger charge is -2.10. The van der Waals surface area contributed by atoms with Crippen LogP contribution in [0.2, 0.25) is 0 Å². The number of guanidine groups is 1. The third-order valence-corrected chi connectivity index (χ3v) is 4.42. The number of aromatic nitrogens is 4. The molecule has 0 amide bonds. The zero-order chi connectivity index (χ0) is 20.1. The number of aromatic amines is 2. The van der Waals surface area contributed by atoms with Crippen LogP contribution in [0.3, 0.4) is 0 Å². The highest BCUT2D eigenvalue weighted by atomic mass is 127. The van der Waals surface area contributed by atoms with Gasteiger partial charge in [0.05, 0.1) is 6.26 Å². The summed E-state index contributed by atoms with van der Waals surface area (Å²) >= 11 is 0. The molecule has 3 aromatic heterocycles. The highest BCUT2D eigenvalue weighted by Crippen LogP contribution is 2.19. The fourth-order valence-electron chi connectivity index (χ4n) is 3.06. The summed E-state index contributed by atoms with van der Waals surface area (Å²) in [5.41, 5.74) is 1.93. The minimum Gasteiger partial charge on any atom is -0.461 e. The number of rotatable bonds is 7. The van der Waals surface area contributed by atoms with E-state index in [9.17, 15) is 4.39 Å². The molecule has 1 aromatic carbocycles. The molecule has 0 saturated carbocycles. The van der Waals surface area contributed by atoms with Crippen LogP contribution in [0.4, 0.5) is 4.39 Å². The molecule has 0 radical (unpaired) electrons. The van der Waals surface area contributed by atoms with Gasteiger partial charge in [-0.05, 0) is 49.2 Å². The number of H-pyrrole nitrogens is 2. The van der Waals surface area contributed by atoms with Crippen LogP contribution < -0.4 is 10.6 Å². The van der Waals surface area contributed by atoms with Crippen molar-refractivity contribution in [2.75, 3.05) is 13.1 Å². The van der Waals surface area contributed by atoms with Gasteiger partial charge in [0.1, 0.15) is 18.2 Å². The van der Waals surface area contributed by atoms with E-state index in [1.54, 1.807) is 24.5 Å². The van der Waals surface area contributed by atoms with E-state index in [4.69, 9.17) is 4.42 Å². The quantitative estimate of drug-likeness (QED) is 0.168. The molecule has 0 unspecified atom stereocenters. The van der Waals surface area contributed by atoms with Crippen molar-refractivity contribution in [2.24, 2.45) is 4.99 Å². The number of nitrogens with zero attached hydrogens (tertiary/aromatic N) is 3. The van der Waals surface area contributed by atoms with Crippen molar-refractivity contribution in [1.29, 1.82) is 0 Å². The number of hydrogen-bond donors (Lipinski definition) is 4. The molecular weight excluding hydrogens is 500 g/mol. The first-order chi connectivity index (χ1) is 14.2. The standard InChI is InChI=1S/C20H22FN7O.HI/c1-2-22-20(25-12-18-26-19(28-27-18)17-4-3-9-29-17)23-8-7-13-11-24-16-10-14(21)5-6-15(13)16;/h3-6,9-11,24H,2,7-8,12H2,1H3,(H2,22,23,25)(H,26,27,28);1H. The number of furan rings is 1. The average Bonchev–Trinajstić information content (AvgIpc) is 3.46. The van der Waals surface area contributed by atoms with E-state index in [1.165, 1.54) is 12.1 Å². The van der Waals surface area contributed by atoms with Crippen LogP contribution in [0, 0.1) is 5.82 Å². The van der Waals surface area contributed by atoms with Crippen LogP contribution in [-0.2, 0) is 13.0 Å². The van der Waals surface area contributed by atoms with Crippen molar-refractivity contribution in [3.63, 3.8) is 0 Å². The molecule has 0 aliphatic heterocycles. The van der Waals surface area contributed by atoms with E-state index < -0.39 is 0 Å². The van der Waals surface area contributed by atoms with Crippen molar-refractivity contribution < 1.29 is 8.81 Å². The van der Waals surface area contributed by atoms with Gasteiger partial charge < -0.3 is 20.0 Å². The summed E-state index contributed by atoms with van der Waals surface area (Å²) in [5, 5.41) is 14.6. The lowest BCUT2D eigenvalue weighted by atomic mass is 10.1. The molecule has 4 aromatic rings. The topological polar surface area (TPSA) is 107 Å². The lowest BCUT2D eigenvalue weighted by molar-refractivity contribution is 0.577. The summed E-state index contributed by atoms with van der Waals surface area (Å²) in [7, 11) is 0. The highest BCUT2D eigenvalue weighted by Gasteiger charge is 2.09. The second kappa shape index (κ2) is 10.2. The molecule has 0 bridgehead atoms. The Balaban J connectivity index is 0.00000256. The third-order valence-electron chi connectivity index (χ3n) is 4.42. The first-order valence-corrected chi connectivity index (χ1v) is 9.46. The van der Waals surface area contributed by atoms with Gasteiger partial charge >= 0.3 is 0 Å². The maximum absolute atomic E-state index is 13.3. The summed E-state index contributed by atoms with van der Waals surface area (Å²) in [6.45, 7) is 3.79. The molecule has 30 heavy (non-hydrogen) atoms. The minimum atomic E-state index is -0.242. The van der Waals surface area contributed by atoms with E-state index in [-0.39, 0.29) is 29.8 Å². The molecule has 0 fully saturated rings. The minimum absolute atomic E-state index is 0. The van der Waals surface area contributed by atoms with Gasteiger partial charge in [-0.2, -0.15) is 0 Å². The lowest BCUT2D eigenvalue weighted by Crippen LogP contribution is -2.38. The van der Waals surface area contributed by atoms with Crippen LogP contribution in [0.1, 0.15) is 18.3 Å². The Bertz CT molecular complexity index is 1100. The molecule has 0 spiro atoms. The van der Waals surface area contributed by atoms with E-state index in [0.29, 0.717) is 36.5 Å². The Morgan fingerprint density at radius 3 is 2.97 bits per heavy atom. The fraction of sp³-hybridized carbons (Fsp3) is 0.250. The van der Waals surface area contributed by atoms with Gasteiger partial charge in [-0.15, -0.1) is 29.1 Å². The van der Waals surface area contributed by atoms with Gasteiger partial charge in [0, 0.05) is 30.2 Å². The second-order valence-corrected chi connectivity index (χ2v) is 6.46. The Morgan fingerprint density at radius 2 is 2.17 bits per heavy atom. The summed E-state index contributed by atoms with van der Waals surface area (Å²) in [6, 6.07) is 8.39. The van der Waals surface area contributed by atoms with Gasteiger partial charge in [-0.1, -0.05) is 0 Å². The number of hydrogen-bond acceptors (Lipinski definition) is 4. The summed E-state index contributed by atoms with van der Waals surface area (Å²) in [5.74, 6) is 2.21. The molecule has 4 N–H and O–H groups in total. The molecule has 0 saturated heterocycles. The number of halogens is 2. The smallest absolute Gasteiger partial charge is 0.216 e. The van der Waals surface area contributed by atoms with Crippen LogP contribution in [0.15, 0.2) is 52.2 Å². The molecule has 0 aliphatic carbocycles. The van der Waals surface area contributed by atoms with Gasteiger partial charge in [-0.3, -0.25) is 5.10 Å². The zero-order valence-electron chi connectivity index (χ0n) is 16.4. The fourth-order valence-corrected chi connectivity index (χ4v) is 3.06. The Labute approximate surface area is 189 Å². The first-order valence-electron chi connectivity index (χ1n) is 9.46. The number of fused-ring (bicyclic) bond motifs is 1. The SMILES string of the molecule is CCNC(=NCc1nc(-c2ccco2)n[nH]1)NCCc1c[nH]c2cc(F)ccc12.I. The van der Waals surface area contributed by atoms with E-state index in [2.05, 4.69) is 35.8 Å². The van der Waals surface area contributed by atoms with Crippen LogP contribution in [-0.4, -0.2) is 39.2 Å².